The maximum Gasteiger partial charge on any atom is 0.338 e. The maximum absolute atomic E-state index is 12.0. The quantitative estimate of drug-likeness (QED) is 0.675. The number of unbranched alkanes of at least 4 members (excludes halogenated alkanes) is 1. The number of hydrogen-bond acceptors (Lipinski definition) is 3. The molecule has 0 bridgehead atoms. The Bertz CT molecular complexity index is 410. The van der Waals surface area contributed by atoms with Gasteiger partial charge in [-0.2, -0.15) is 0 Å². The van der Waals surface area contributed by atoms with Crippen LogP contribution < -0.4 is 5.32 Å². The minimum absolute atomic E-state index is 0. The van der Waals surface area contributed by atoms with Gasteiger partial charge in [0.1, 0.15) is 0 Å². The fourth-order valence-electron chi connectivity index (χ4n) is 2.14. The van der Waals surface area contributed by atoms with E-state index in [0.29, 0.717) is 18.1 Å². The number of carbonyl (C=O) groups excluding carboxylic acids is 1. The van der Waals surface area contributed by atoms with Gasteiger partial charge in [0.25, 0.3) is 0 Å². The summed E-state index contributed by atoms with van der Waals surface area (Å²) in [7, 11) is 0. The Balaban J connectivity index is 0.00000400. The molecule has 120 valence electrons. The van der Waals surface area contributed by atoms with Gasteiger partial charge in [-0.15, -0.1) is 0 Å². The molecule has 1 aromatic rings. The topological polar surface area (TPSA) is 38.3 Å². The van der Waals surface area contributed by atoms with Crippen LogP contribution in [0, 0.1) is 5.92 Å². The molecule has 0 aromatic heterocycles. The zero-order valence-electron chi connectivity index (χ0n) is 13.4. The zero-order valence-corrected chi connectivity index (χ0v) is 13.4. The monoisotopic (exact) mass is 297 g/mol. The summed E-state index contributed by atoms with van der Waals surface area (Å²) in [4.78, 5) is 12.0. The van der Waals surface area contributed by atoms with Gasteiger partial charge in [-0.25, -0.2) is 4.79 Å². The number of hydrogen-bond donors (Lipinski definition) is 1. The molecule has 1 unspecified atom stereocenters. The Morgan fingerprint density at radius 3 is 2.67 bits per heavy atom. The number of halogens is 1. The summed E-state index contributed by atoms with van der Waals surface area (Å²) in [6.07, 6.45) is 4.59. The highest BCUT2D eigenvalue weighted by Crippen LogP contribution is 2.15. The molecular formula is C17H28FNO2. The van der Waals surface area contributed by atoms with Crippen LogP contribution in [0.2, 0.25) is 0 Å². The van der Waals surface area contributed by atoms with Crippen LogP contribution in [0.1, 0.15) is 56.8 Å². The van der Waals surface area contributed by atoms with Crippen molar-refractivity contribution >= 4 is 11.7 Å². The summed E-state index contributed by atoms with van der Waals surface area (Å²) >= 11 is 0. The highest BCUT2D eigenvalue weighted by Gasteiger charge is 2.12. The van der Waals surface area contributed by atoms with Crippen molar-refractivity contribution in [3.05, 3.63) is 29.8 Å². The first-order chi connectivity index (χ1) is 9.71. The lowest BCUT2D eigenvalue weighted by molar-refractivity contribution is 0.0428. The Morgan fingerprint density at radius 2 is 2.05 bits per heavy atom. The molecule has 0 fully saturated rings. The first-order valence-electron chi connectivity index (χ1n) is 7.72. The Hall–Kier alpha value is -1.58. The summed E-state index contributed by atoms with van der Waals surface area (Å²) in [5, 5.41) is 3.20. The summed E-state index contributed by atoms with van der Waals surface area (Å²) in [6.45, 7) is 7.74. The van der Waals surface area contributed by atoms with Gasteiger partial charge in [0.2, 0.25) is 0 Å². The van der Waals surface area contributed by atoms with Gasteiger partial charge < -0.3 is 10.1 Å². The number of ether oxygens (including phenoxy) is 1. The Labute approximate surface area is 127 Å². The lowest BCUT2D eigenvalue weighted by Crippen LogP contribution is -2.14. The molecule has 3 nitrogen and oxygen atoms in total. The van der Waals surface area contributed by atoms with Gasteiger partial charge in [0.05, 0.1) is 12.2 Å². The van der Waals surface area contributed by atoms with Crippen LogP contribution in [0.25, 0.3) is 0 Å². The summed E-state index contributed by atoms with van der Waals surface area (Å²) in [5.41, 5.74) is 1.58. The molecule has 0 radical (unpaired) electrons. The second-order valence-electron chi connectivity index (χ2n) is 5.13. The minimum atomic E-state index is -0.222. The third-order valence-electron chi connectivity index (χ3n) is 3.47. The van der Waals surface area contributed by atoms with Crippen molar-refractivity contribution < 1.29 is 14.2 Å². The van der Waals surface area contributed by atoms with E-state index in [2.05, 4.69) is 19.2 Å². The summed E-state index contributed by atoms with van der Waals surface area (Å²) in [6, 6.07) is 7.48. The van der Waals surface area contributed by atoms with Crippen LogP contribution in [0.15, 0.2) is 24.3 Å². The number of anilines is 1. The number of benzene rings is 1. The van der Waals surface area contributed by atoms with Crippen molar-refractivity contribution in [1.29, 1.82) is 0 Å². The number of nitrogens with one attached hydrogen (secondary N) is 1. The molecule has 0 spiro atoms. The average molecular weight is 297 g/mol. The van der Waals surface area contributed by atoms with Crippen molar-refractivity contribution in [2.45, 2.75) is 46.5 Å². The second kappa shape index (κ2) is 11.1. The smallest absolute Gasteiger partial charge is 0.338 e. The lowest BCUT2D eigenvalue weighted by Gasteiger charge is -2.14. The fourth-order valence-corrected chi connectivity index (χ4v) is 2.14. The van der Waals surface area contributed by atoms with Crippen molar-refractivity contribution in [1.82, 2.24) is 0 Å². The highest BCUT2D eigenvalue weighted by molar-refractivity contribution is 5.90. The highest BCUT2D eigenvalue weighted by atomic mass is 19.0. The van der Waals surface area contributed by atoms with Gasteiger partial charge >= 0.3 is 5.97 Å². The molecule has 1 rings (SSSR count). The fraction of sp³-hybridized carbons (Fsp3) is 0.588. The molecule has 1 N–H and O–H groups in total. The van der Waals surface area contributed by atoms with E-state index in [9.17, 15) is 4.79 Å². The number of rotatable bonds is 9. The first kappa shape index (κ1) is 19.4. The molecule has 21 heavy (non-hydrogen) atoms. The lowest BCUT2D eigenvalue weighted by atomic mass is 10.0. The largest absolute Gasteiger partial charge is 0.462 e. The van der Waals surface area contributed by atoms with Crippen LogP contribution in [-0.2, 0) is 4.74 Å². The third kappa shape index (κ3) is 7.11. The van der Waals surface area contributed by atoms with E-state index in [1.54, 1.807) is 6.07 Å². The number of esters is 1. The van der Waals surface area contributed by atoms with Crippen molar-refractivity contribution in [3.8, 4) is 0 Å². The molecule has 0 saturated heterocycles. The van der Waals surface area contributed by atoms with Crippen LogP contribution >= 0.6 is 0 Å². The molecule has 0 aliphatic rings. The van der Waals surface area contributed by atoms with Gasteiger partial charge in [-0.05, 0) is 37.5 Å². The molecule has 0 amide bonds. The third-order valence-corrected chi connectivity index (χ3v) is 3.47. The normalized spacial score (nSPS) is 11.4. The standard InChI is InChI=1S/C17H27NO2.FH/c1-4-7-9-14(5-2)13-20-17(19)15-10-8-11-16(12-15)18-6-3;/h8,10-12,14,18H,4-7,9,13H2,1-3H3;1H. The van der Waals surface area contributed by atoms with Crippen LogP contribution in [-0.4, -0.2) is 19.1 Å². The van der Waals surface area contributed by atoms with E-state index in [-0.39, 0.29) is 10.7 Å². The van der Waals surface area contributed by atoms with E-state index in [1.807, 2.05) is 25.1 Å². The Kier molecular flexibility index (Phi) is 10.3. The van der Waals surface area contributed by atoms with Crippen molar-refractivity contribution in [2.24, 2.45) is 5.92 Å². The van der Waals surface area contributed by atoms with Crippen LogP contribution in [0.5, 0.6) is 0 Å². The molecule has 0 aliphatic carbocycles. The summed E-state index contributed by atoms with van der Waals surface area (Å²) in [5.74, 6) is 0.260. The van der Waals surface area contributed by atoms with Gasteiger partial charge in [-0.3, -0.25) is 4.70 Å². The molecular weight excluding hydrogens is 269 g/mol. The molecule has 0 heterocycles. The predicted octanol–water partition coefficient (Wildman–Crippen LogP) is 4.64. The molecule has 0 saturated carbocycles. The van der Waals surface area contributed by atoms with E-state index in [0.717, 1.165) is 25.1 Å². The van der Waals surface area contributed by atoms with Gasteiger partial charge in [-0.1, -0.05) is 39.2 Å². The minimum Gasteiger partial charge on any atom is -0.462 e. The Morgan fingerprint density at radius 1 is 1.29 bits per heavy atom. The zero-order chi connectivity index (χ0) is 14.8. The van der Waals surface area contributed by atoms with Crippen LogP contribution in [0.3, 0.4) is 0 Å². The molecule has 1 aromatic carbocycles. The average Bonchev–Trinajstić information content (AvgIpc) is 2.48. The van der Waals surface area contributed by atoms with Crippen molar-refractivity contribution in [2.75, 3.05) is 18.5 Å². The molecule has 4 heteroatoms. The second-order valence-corrected chi connectivity index (χ2v) is 5.13. The first-order valence-corrected chi connectivity index (χ1v) is 7.72. The predicted molar refractivity (Wildman–Crippen MR) is 86.7 cm³/mol. The number of carbonyl (C=O) groups is 1. The SMILES string of the molecule is CCCCC(CC)COC(=O)c1cccc(NCC)c1.F. The van der Waals surface area contributed by atoms with Crippen LogP contribution in [0.4, 0.5) is 10.4 Å². The van der Waals surface area contributed by atoms with E-state index in [4.69, 9.17) is 4.74 Å². The van der Waals surface area contributed by atoms with E-state index < -0.39 is 0 Å². The van der Waals surface area contributed by atoms with E-state index >= 15 is 0 Å². The van der Waals surface area contributed by atoms with Gasteiger partial charge in [0, 0.05) is 12.2 Å². The van der Waals surface area contributed by atoms with Gasteiger partial charge in [0.15, 0.2) is 0 Å². The maximum atomic E-state index is 12.0. The summed E-state index contributed by atoms with van der Waals surface area (Å²) < 4.78 is 5.44. The molecule has 0 aliphatic heterocycles. The van der Waals surface area contributed by atoms with E-state index in [1.165, 1.54) is 12.8 Å². The molecule has 1 atom stereocenters. The van der Waals surface area contributed by atoms with Crippen molar-refractivity contribution in [3.63, 3.8) is 0 Å².